The molecule has 1 aromatic heterocycles. The van der Waals surface area contributed by atoms with Gasteiger partial charge in [-0.05, 0) is 31.4 Å². The summed E-state index contributed by atoms with van der Waals surface area (Å²) in [5, 5.41) is 4.37. The summed E-state index contributed by atoms with van der Waals surface area (Å²) in [6.07, 6.45) is 0.759. The second-order valence-corrected chi connectivity index (χ2v) is 7.71. The molecule has 2 heterocycles. The van der Waals surface area contributed by atoms with E-state index in [1.807, 2.05) is 38.1 Å². The average molecular weight is 412 g/mol. The van der Waals surface area contributed by atoms with Gasteiger partial charge in [0, 0.05) is 46.3 Å². The second kappa shape index (κ2) is 9.11. The van der Waals surface area contributed by atoms with Crippen molar-refractivity contribution in [3.8, 4) is 0 Å². The van der Waals surface area contributed by atoms with Crippen molar-refractivity contribution in [2.24, 2.45) is 0 Å². The standard InChI is InChI=1S/C22H29N5O3/c1-5-24(3)20(28)15-25(4)21(29)18-13-19-22(30)26(11-8-12-27(19)23-18)14-17-10-7-6-9-16(17)2/h6-7,9-10,13H,5,8,11-12,14-15H2,1-4H3. The van der Waals surface area contributed by atoms with Crippen LogP contribution < -0.4 is 0 Å². The van der Waals surface area contributed by atoms with Crippen molar-refractivity contribution in [2.75, 3.05) is 33.7 Å². The van der Waals surface area contributed by atoms with Gasteiger partial charge in [0.2, 0.25) is 5.91 Å². The van der Waals surface area contributed by atoms with E-state index in [1.54, 1.807) is 34.6 Å². The summed E-state index contributed by atoms with van der Waals surface area (Å²) in [6.45, 7) is 6.19. The van der Waals surface area contributed by atoms with E-state index in [9.17, 15) is 14.4 Å². The zero-order chi connectivity index (χ0) is 21.8. The normalized spacial score (nSPS) is 13.6. The molecule has 8 heteroatoms. The van der Waals surface area contributed by atoms with Crippen LogP contribution in [0.5, 0.6) is 0 Å². The molecule has 1 aromatic carbocycles. The lowest BCUT2D eigenvalue weighted by Crippen LogP contribution is -2.39. The van der Waals surface area contributed by atoms with Gasteiger partial charge in [-0.1, -0.05) is 24.3 Å². The molecule has 3 amide bonds. The average Bonchev–Trinajstić information content (AvgIpc) is 3.10. The topological polar surface area (TPSA) is 78.8 Å². The first kappa shape index (κ1) is 21.5. The van der Waals surface area contributed by atoms with Crippen molar-refractivity contribution < 1.29 is 14.4 Å². The Labute approximate surface area is 177 Å². The molecule has 0 saturated carbocycles. The second-order valence-electron chi connectivity index (χ2n) is 7.71. The molecule has 0 N–H and O–H groups in total. The molecule has 8 nitrogen and oxygen atoms in total. The number of benzene rings is 1. The van der Waals surface area contributed by atoms with Crippen LogP contribution in [0.25, 0.3) is 0 Å². The maximum absolute atomic E-state index is 13.1. The highest BCUT2D eigenvalue weighted by molar-refractivity contribution is 5.99. The van der Waals surface area contributed by atoms with Gasteiger partial charge in [-0.25, -0.2) is 0 Å². The molecular formula is C22H29N5O3. The van der Waals surface area contributed by atoms with Gasteiger partial charge < -0.3 is 14.7 Å². The Bertz CT molecular complexity index is 952. The molecule has 160 valence electrons. The van der Waals surface area contributed by atoms with Gasteiger partial charge in [0.25, 0.3) is 11.8 Å². The Morgan fingerprint density at radius 3 is 2.57 bits per heavy atom. The zero-order valence-corrected chi connectivity index (χ0v) is 18.1. The fourth-order valence-electron chi connectivity index (χ4n) is 3.45. The summed E-state index contributed by atoms with van der Waals surface area (Å²) in [7, 11) is 3.27. The van der Waals surface area contributed by atoms with Crippen LogP contribution in [-0.2, 0) is 17.9 Å². The molecule has 0 bridgehead atoms. The van der Waals surface area contributed by atoms with Gasteiger partial charge in [0.15, 0.2) is 5.69 Å². The third kappa shape index (κ3) is 4.53. The smallest absolute Gasteiger partial charge is 0.274 e. The Balaban J connectivity index is 1.76. The van der Waals surface area contributed by atoms with Crippen molar-refractivity contribution in [3.05, 3.63) is 52.8 Å². The monoisotopic (exact) mass is 411 g/mol. The Hall–Kier alpha value is -3.16. The fraction of sp³-hybridized carbons (Fsp3) is 0.455. The van der Waals surface area contributed by atoms with Crippen LogP contribution in [0.1, 0.15) is 45.4 Å². The van der Waals surface area contributed by atoms with Gasteiger partial charge in [-0.2, -0.15) is 5.10 Å². The van der Waals surface area contributed by atoms with Crippen molar-refractivity contribution in [2.45, 2.75) is 33.4 Å². The largest absolute Gasteiger partial charge is 0.345 e. The molecule has 3 rings (SSSR count). The number of hydrogen-bond donors (Lipinski definition) is 0. The van der Waals surface area contributed by atoms with Gasteiger partial charge in [-0.15, -0.1) is 0 Å². The Morgan fingerprint density at radius 1 is 1.13 bits per heavy atom. The van der Waals surface area contributed by atoms with Crippen LogP contribution in [0, 0.1) is 6.92 Å². The number of aromatic nitrogens is 2. The number of nitrogens with zero attached hydrogens (tertiary/aromatic N) is 5. The highest BCUT2D eigenvalue weighted by Gasteiger charge is 2.28. The Kier molecular flexibility index (Phi) is 6.54. The van der Waals surface area contributed by atoms with Crippen LogP contribution >= 0.6 is 0 Å². The zero-order valence-electron chi connectivity index (χ0n) is 18.1. The minimum Gasteiger partial charge on any atom is -0.345 e. The number of carbonyl (C=O) groups excluding carboxylic acids is 3. The summed E-state index contributed by atoms with van der Waals surface area (Å²) >= 11 is 0. The lowest BCUT2D eigenvalue weighted by Gasteiger charge is -2.21. The van der Waals surface area contributed by atoms with E-state index in [0.717, 1.165) is 17.5 Å². The summed E-state index contributed by atoms with van der Waals surface area (Å²) < 4.78 is 1.61. The molecule has 0 unspecified atom stereocenters. The summed E-state index contributed by atoms with van der Waals surface area (Å²) in [5.74, 6) is -0.645. The van der Waals surface area contributed by atoms with E-state index in [2.05, 4.69) is 5.10 Å². The minimum absolute atomic E-state index is 0.0290. The van der Waals surface area contributed by atoms with E-state index >= 15 is 0 Å². The maximum atomic E-state index is 13.1. The molecule has 0 fully saturated rings. The lowest BCUT2D eigenvalue weighted by atomic mass is 10.1. The highest BCUT2D eigenvalue weighted by atomic mass is 16.2. The third-order valence-corrected chi connectivity index (χ3v) is 5.55. The van der Waals surface area contributed by atoms with E-state index in [0.29, 0.717) is 31.9 Å². The minimum atomic E-state index is -0.369. The molecule has 0 saturated heterocycles. The number of hydrogen-bond acceptors (Lipinski definition) is 4. The van der Waals surface area contributed by atoms with Crippen LogP contribution in [0.15, 0.2) is 30.3 Å². The summed E-state index contributed by atoms with van der Waals surface area (Å²) in [6, 6.07) is 9.56. The van der Waals surface area contributed by atoms with Gasteiger partial charge in [0.1, 0.15) is 5.69 Å². The maximum Gasteiger partial charge on any atom is 0.274 e. The first-order valence-electron chi connectivity index (χ1n) is 10.2. The predicted molar refractivity (Wildman–Crippen MR) is 113 cm³/mol. The third-order valence-electron chi connectivity index (χ3n) is 5.55. The molecule has 1 aliphatic rings. The van der Waals surface area contributed by atoms with Gasteiger partial charge in [-0.3, -0.25) is 19.1 Å². The van der Waals surface area contributed by atoms with Crippen LogP contribution in [0.2, 0.25) is 0 Å². The van der Waals surface area contributed by atoms with E-state index in [1.165, 1.54) is 4.90 Å². The number of likely N-dealkylation sites (N-methyl/N-ethyl adjacent to an activating group) is 2. The lowest BCUT2D eigenvalue weighted by molar-refractivity contribution is -0.130. The number of rotatable bonds is 6. The quantitative estimate of drug-likeness (QED) is 0.726. The molecule has 0 spiro atoms. The molecular weight excluding hydrogens is 382 g/mol. The number of carbonyl (C=O) groups is 3. The molecule has 1 aliphatic heterocycles. The number of amides is 3. The fourth-order valence-corrected chi connectivity index (χ4v) is 3.45. The first-order valence-corrected chi connectivity index (χ1v) is 10.2. The van der Waals surface area contributed by atoms with E-state index < -0.39 is 0 Å². The van der Waals surface area contributed by atoms with E-state index in [-0.39, 0.29) is 30.0 Å². The predicted octanol–water partition coefficient (Wildman–Crippen LogP) is 1.79. The Morgan fingerprint density at radius 2 is 1.87 bits per heavy atom. The summed E-state index contributed by atoms with van der Waals surface area (Å²) in [5.41, 5.74) is 2.84. The molecule has 0 radical (unpaired) electrons. The highest BCUT2D eigenvalue weighted by Crippen LogP contribution is 2.18. The van der Waals surface area contributed by atoms with Crippen LogP contribution in [-0.4, -0.2) is 75.9 Å². The first-order chi connectivity index (χ1) is 14.3. The van der Waals surface area contributed by atoms with Crippen molar-refractivity contribution in [1.82, 2.24) is 24.5 Å². The van der Waals surface area contributed by atoms with Gasteiger partial charge in [0.05, 0.1) is 6.54 Å². The van der Waals surface area contributed by atoms with Crippen LogP contribution in [0.3, 0.4) is 0 Å². The van der Waals surface area contributed by atoms with Crippen molar-refractivity contribution in [3.63, 3.8) is 0 Å². The number of fused-ring (bicyclic) bond motifs is 1. The van der Waals surface area contributed by atoms with E-state index in [4.69, 9.17) is 0 Å². The molecule has 0 aliphatic carbocycles. The van der Waals surface area contributed by atoms with Gasteiger partial charge >= 0.3 is 0 Å². The van der Waals surface area contributed by atoms with Crippen LogP contribution in [0.4, 0.5) is 0 Å². The number of aryl methyl sites for hydroxylation is 2. The van der Waals surface area contributed by atoms with Crippen molar-refractivity contribution >= 4 is 17.7 Å². The molecule has 30 heavy (non-hydrogen) atoms. The molecule has 0 atom stereocenters. The van der Waals surface area contributed by atoms with Crippen molar-refractivity contribution in [1.29, 1.82) is 0 Å². The molecule has 2 aromatic rings. The summed E-state index contributed by atoms with van der Waals surface area (Å²) in [4.78, 5) is 42.7. The SMILES string of the molecule is CCN(C)C(=O)CN(C)C(=O)c1cc2n(n1)CCCN(Cc1ccccc1C)C2=O.